The highest BCUT2D eigenvalue weighted by molar-refractivity contribution is 6.30. The molecule has 0 aliphatic rings. The average Bonchev–Trinajstić information content (AvgIpc) is 3.28. The summed E-state index contributed by atoms with van der Waals surface area (Å²) in [5.74, 6) is -1.43. The van der Waals surface area contributed by atoms with Crippen LogP contribution in [0.2, 0.25) is 5.02 Å². The van der Waals surface area contributed by atoms with Gasteiger partial charge in [-0.3, -0.25) is 9.59 Å². The number of aliphatic hydroxyl groups excluding tert-OH is 2. The number of aromatic nitrogens is 1. The fourth-order valence-corrected chi connectivity index (χ4v) is 5.33. The van der Waals surface area contributed by atoms with Crippen LogP contribution in [0, 0.1) is 0 Å². The number of aliphatic carboxylic acids is 1. The predicted molar refractivity (Wildman–Crippen MR) is 162 cm³/mol. The molecule has 0 aliphatic carbocycles. The molecule has 0 radical (unpaired) electrons. The first-order chi connectivity index (χ1) is 19.7. The first-order valence-corrected chi connectivity index (χ1v) is 14.1. The zero-order valence-electron chi connectivity index (χ0n) is 23.1. The van der Waals surface area contributed by atoms with Crippen molar-refractivity contribution in [3.05, 3.63) is 101 Å². The molecule has 0 fully saturated rings. The molecule has 2 unspecified atom stereocenters. The van der Waals surface area contributed by atoms with E-state index in [9.17, 15) is 19.8 Å². The Morgan fingerprint density at radius 2 is 1.46 bits per heavy atom. The summed E-state index contributed by atoms with van der Waals surface area (Å²) in [6.45, 7) is 4.39. The second-order valence-corrected chi connectivity index (χ2v) is 10.8. The van der Waals surface area contributed by atoms with Crippen molar-refractivity contribution < 1.29 is 24.9 Å². The van der Waals surface area contributed by atoms with Crippen LogP contribution < -0.4 is 5.32 Å². The highest BCUT2D eigenvalue weighted by Crippen LogP contribution is 2.43. The van der Waals surface area contributed by atoms with Crippen molar-refractivity contribution in [3.8, 4) is 22.4 Å². The number of halogens is 1. The molecule has 214 valence electrons. The lowest BCUT2D eigenvalue weighted by molar-refractivity contribution is -0.139. The summed E-state index contributed by atoms with van der Waals surface area (Å²) in [6, 6.07) is 26.5. The van der Waals surface area contributed by atoms with Crippen molar-refractivity contribution in [3.63, 3.8) is 0 Å². The van der Waals surface area contributed by atoms with Crippen molar-refractivity contribution in [1.82, 2.24) is 4.57 Å². The number of benzene rings is 3. The van der Waals surface area contributed by atoms with E-state index in [1.165, 1.54) is 0 Å². The Balaban J connectivity index is 1.89. The second kappa shape index (κ2) is 13.6. The van der Waals surface area contributed by atoms with Gasteiger partial charge < -0.3 is 25.2 Å². The zero-order valence-corrected chi connectivity index (χ0v) is 23.9. The first-order valence-electron chi connectivity index (χ1n) is 13.7. The Hall–Kier alpha value is -3.91. The maximum absolute atomic E-state index is 14.1. The summed E-state index contributed by atoms with van der Waals surface area (Å²) in [4.78, 5) is 25.1. The molecule has 0 aliphatic heterocycles. The van der Waals surface area contributed by atoms with Gasteiger partial charge in [-0.1, -0.05) is 86.1 Å². The van der Waals surface area contributed by atoms with Gasteiger partial charge in [-0.25, -0.2) is 0 Å². The number of hydrogen-bond donors (Lipinski definition) is 4. The van der Waals surface area contributed by atoms with Gasteiger partial charge in [0.25, 0.3) is 5.91 Å². The number of anilines is 1. The summed E-state index contributed by atoms with van der Waals surface area (Å²) < 4.78 is 2.07. The van der Waals surface area contributed by atoms with Crippen molar-refractivity contribution in [2.75, 3.05) is 5.32 Å². The minimum atomic E-state index is -1.15. The summed E-state index contributed by atoms with van der Waals surface area (Å²) in [5, 5.41) is 33.5. The van der Waals surface area contributed by atoms with E-state index < -0.39 is 24.6 Å². The first kappa shape index (κ1) is 30.1. The Kier molecular flexibility index (Phi) is 10.00. The molecule has 1 aromatic heterocycles. The smallest absolute Gasteiger partial charge is 0.305 e. The van der Waals surface area contributed by atoms with E-state index >= 15 is 0 Å². The van der Waals surface area contributed by atoms with E-state index in [4.69, 9.17) is 16.7 Å². The molecule has 0 saturated heterocycles. The van der Waals surface area contributed by atoms with Crippen molar-refractivity contribution in [1.29, 1.82) is 0 Å². The van der Waals surface area contributed by atoms with Gasteiger partial charge in [0.15, 0.2) is 0 Å². The molecule has 7 nitrogen and oxygen atoms in total. The molecule has 1 heterocycles. The van der Waals surface area contributed by atoms with Crippen LogP contribution in [0.25, 0.3) is 22.4 Å². The third kappa shape index (κ3) is 7.44. The predicted octanol–water partition coefficient (Wildman–Crippen LogP) is 6.83. The fraction of sp³-hybridized carbons (Fsp3) is 0.273. The number of hydrogen-bond acceptors (Lipinski definition) is 4. The molecule has 4 rings (SSSR count). The van der Waals surface area contributed by atoms with Gasteiger partial charge in [-0.15, -0.1) is 0 Å². The Bertz CT molecular complexity index is 1470. The van der Waals surface area contributed by atoms with Crippen LogP contribution in [0.1, 0.15) is 55.1 Å². The van der Waals surface area contributed by atoms with Crippen molar-refractivity contribution in [2.24, 2.45) is 0 Å². The van der Waals surface area contributed by atoms with Gasteiger partial charge in [0.2, 0.25) is 0 Å². The third-order valence-electron chi connectivity index (χ3n) is 6.93. The highest BCUT2D eigenvalue weighted by Gasteiger charge is 2.31. The van der Waals surface area contributed by atoms with Crippen LogP contribution in [-0.2, 0) is 11.3 Å². The van der Waals surface area contributed by atoms with E-state index in [-0.39, 0.29) is 24.7 Å². The number of nitrogens with zero attached hydrogens (tertiary/aromatic N) is 1. The summed E-state index contributed by atoms with van der Waals surface area (Å²) in [5.41, 5.74) is 5.33. The molecule has 8 heteroatoms. The number of para-hydroxylation sites is 1. The SMILES string of the molecule is CC(C)c1c(C(=O)Nc2ccccc2)c(-c2ccccc2)c(-c2ccc(Cl)cc2)n1CCC(O)CC(O)CC(=O)O. The van der Waals surface area contributed by atoms with Crippen LogP contribution in [-0.4, -0.2) is 44.0 Å². The topological polar surface area (TPSA) is 112 Å². The number of carboxylic acids is 1. The normalized spacial score (nSPS) is 12.7. The molecular weight excluding hydrogens is 540 g/mol. The lowest BCUT2D eigenvalue weighted by Crippen LogP contribution is -2.22. The number of rotatable bonds is 12. The Labute approximate surface area is 245 Å². The number of nitrogens with one attached hydrogen (secondary N) is 1. The zero-order chi connectivity index (χ0) is 29.5. The molecule has 0 bridgehead atoms. The van der Waals surface area contributed by atoms with Gasteiger partial charge in [0, 0.05) is 28.5 Å². The van der Waals surface area contributed by atoms with Crippen LogP contribution in [0.4, 0.5) is 5.69 Å². The number of amides is 1. The summed E-state index contributed by atoms with van der Waals surface area (Å²) in [6.07, 6.45) is -2.34. The third-order valence-corrected chi connectivity index (χ3v) is 7.18. The largest absolute Gasteiger partial charge is 0.481 e. The quantitative estimate of drug-likeness (QED) is 0.148. The van der Waals surface area contributed by atoms with E-state index in [1.807, 2.05) is 86.6 Å². The Morgan fingerprint density at radius 3 is 2.05 bits per heavy atom. The van der Waals surface area contributed by atoms with Gasteiger partial charge in [0.1, 0.15) is 0 Å². The number of carbonyl (C=O) groups excluding carboxylic acids is 1. The van der Waals surface area contributed by atoms with Crippen LogP contribution >= 0.6 is 11.6 Å². The van der Waals surface area contributed by atoms with Crippen LogP contribution in [0.3, 0.4) is 0 Å². The minimum absolute atomic E-state index is 0.0618. The van der Waals surface area contributed by atoms with Gasteiger partial charge in [0.05, 0.1) is 29.9 Å². The Morgan fingerprint density at radius 1 is 0.854 bits per heavy atom. The second-order valence-electron chi connectivity index (χ2n) is 10.4. The number of aliphatic hydroxyl groups is 2. The summed E-state index contributed by atoms with van der Waals surface area (Å²) in [7, 11) is 0. The molecular formula is C33H35ClN2O5. The molecule has 4 aromatic rings. The molecule has 4 N–H and O–H groups in total. The molecule has 1 amide bonds. The highest BCUT2D eigenvalue weighted by atomic mass is 35.5. The van der Waals surface area contributed by atoms with E-state index in [2.05, 4.69) is 9.88 Å². The van der Waals surface area contributed by atoms with Crippen molar-refractivity contribution in [2.45, 2.75) is 57.8 Å². The minimum Gasteiger partial charge on any atom is -0.481 e. The molecule has 0 spiro atoms. The molecule has 3 aromatic carbocycles. The van der Waals surface area contributed by atoms with E-state index in [0.717, 1.165) is 28.1 Å². The number of carboxylic acid groups (broad SMARTS) is 1. The molecule has 41 heavy (non-hydrogen) atoms. The molecule has 0 saturated carbocycles. The summed E-state index contributed by atoms with van der Waals surface area (Å²) >= 11 is 6.24. The van der Waals surface area contributed by atoms with Gasteiger partial charge in [-0.2, -0.15) is 0 Å². The van der Waals surface area contributed by atoms with Gasteiger partial charge in [-0.05, 0) is 54.2 Å². The van der Waals surface area contributed by atoms with Crippen LogP contribution in [0.5, 0.6) is 0 Å². The van der Waals surface area contributed by atoms with E-state index in [0.29, 0.717) is 22.8 Å². The van der Waals surface area contributed by atoms with Gasteiger partial charge >= 0.3 is 5.97 Å². The maximum atomic E-state index is 14.1. The fourth-order valence-electron chi connectivity index (χ4n) is 5.20. The molecule has 2 atom stereocenters. The number of carbonyl (C=O) groups is 2. The monoisotopic (exact) mass is 574 g/mol. The van der Waals surface area contributed by atoms with Crippen LogP contribution in [0.15, 0.2) is 84.9 Å². The lowest BCUT2D eigenvalue weighted by Gasteiger charge is -2.20. The lowest BCUT2D eigenvalue weighted by atomic mass is 9.94. The average molecular weight is 575 g/mol. The maximum Gasteiger partial charge on any atom is 0.305 e. The van der Waals surface area contributed by atoms with Crippen molar-refractivity contribution >= 4 is 29.2 Å². The van der Waals surface area contributed by atoms with E-state index in [1.54, 1.807) is 12.1 Å². The standard InChI is InChI=1S/C33H35ClN2O5/c1-21(2)31-30(33(41)35-25-11-7-4-8-12-25)29(22-9-5-3-6-10-22)32(23-13-15-24(34)16-14-23)36(31)18-17-26(37)19-27(38)20-28(39)40/h3-16,21,26-27,37-38H,17-20H2,1-2H3,(H,35,41)(H,39,40).